The average Bonchev–Trinajstić information content (AvgIpc) is 2.85. The number of hydrogen-bond acceptors (Lipinski definition) is 6. The average molecular weight is 444 g/mol. The summed E-state index contributed by atoms with van der Waals surface area (Å²) in [5.74, 6) is 0. The van der Waals surface area contributed by atoms with Crippen molar-refractivity contribution < 1.29 is 4.84 Å². The molecule has 1 fully saturated rings. The van der Waals surface area contributed by atoms with Crippen LogP contribution in [0.1, 0.15) is 30.0 Å². The fourth-order valence-electron chi connectivity index (χ4n) is 4.95. The van der Waals surface area contributed by atoms with Gasteiger partial charge in [-0.15, -0.1) is 0 Å². The van der Waals surface area contributed by atoms with Gasteiger partial charge in [-0.2, -0.15) is 5.26 Å². The van der Waals surface area contributed by atoms with E-state index in [2.05, 4.69) is 39.1 Å². The van der Waals surface area contributed by atoms with Gasteiger partial charge in [-0.25, -0.2) is 0 Å². The summed E-state index contributed by atoms with van der Waals surface area (Å²) in [6.45, 7) is 8.06. The molecule has 0 aliphatic carbocycles. The van der Waals surface area contributed by atoms with Gasteiger partial charge in [0.1, 0.15) is 0 Å². The zero-order chi connectivity index (χ0) is 22.8. The minimum atomic E-state index is -0.00455. The quantitative estimate of drug-likeness (QED) is 0.651. The summed E-state index contributed by atoms with van der Waals surface area (Å²) in [6, 6.07) is 16.4. The highest BCUT2D eigenvalue weighted by atomic mass is 16.7. The smallest absolute Gasteiger partial charge is 0.253 e. The third kappa shape index (κ3) is 4.32. The summed E-state index contributed by atoms with van der Waals surface area (Å²) in [5.41, 5.74) is 5.69. The number of nitrogens with zero attached hydrogens (tertiary/aromatic N) is 4. The van der Waals surface area contributed by atoms with Crippen LogP contribution in [0.3, 0.4) is 0 Å². The van der Waals surface area contributed by atoms with Crippen LogP contribution < -0.4 is 15.5 Å². The minimum absolute atomic E-state index is 0.00455. The Bertz CT molecular complexity index is 1240. The van der Waals surface area contributed by atoms with Crippen LogP contribution >= 0.6 is 0 Å². The van der Waals surface area contributed by atoms with Crippen LogP contribution in [-0.4, -0.2) is 49.2 Å². The molecule has 0 saturated carbocycles. The fraction of sp³-hybridized carbons (Fsp3) is 0.385. The molecule has 33 heavy (non-hydrogen) atoms. The van der Waals surface area contributed by atoms with E-state index in [-0.39, 0.29) is 5.56 Å². The van der Waals surface area contributed by atoms with E-state index >= 15 is 0 Å². The Morgan fingerprint density at radius 2 is 1.85 bits per heavy atom. The van der Waals surface area contributed by atoms with Gasteiger partial charge < -0.3 is 9.88 Å². The van der Waals surface area contributed by atoms with Crippen molar-refractivity contribution in [1.29, 1.82) is 5.26 Å². The molecule has 3 aromatic rings. The van der Waals surface area contributed by atoms with Crippen molar-refractivity contribution in [2.75, 3.05) is 49.3 Å². The number of aromatic nitrogens is 1. The van der Waals surface area contributed by atoms with Crippen molar-refractivity contribution >= 4 is 22.3 Å². The van der Waals surface area contributed by atoms with Gasteiger partial charge >= 0.3 is 0 Å². The van der Waals surface area contributed by atoms with Crippen molar-refractivity contribution in [3.05, 3.63) is 69.5 Å². The van der Waals surface area contributed by atoms with Gasteiger partial charge in [0.25, 0.3) is 5.56 Å². The Balaban J connectivity index is 1.31. The fourth-order valence-corrected chi connectivity index (χ4v) is 4.95. The Kier molecular flexibility index (Phi) is 6.03. The number of anilines is 2. The van der Waals surface area contributed by atoms with Crippen LogP contribution in [0.4, 0.5) is 11.4 Å². The van der Waals surface area contributed by atoms with Crippen LogP contribution in [0.5, 0.6) is 0 Å². The summed E-state index contributed by atoms with van der Waals surface area (Å²) >= 11 is 0. The second-order valence-corrected chi connectivity index (χ2v) is 8.71. The second kappa shape index (κ2) is 9.26. The van der Waals surface area contributed by atoms with Crippen molar-refractivity contribution in [3.8, 4) is 6.07 Å². The van der Waals surface area contributed by atoms with Crippen molar-refractivity contribution in [1.82, 2.24) is 9.88 Å². The summed E-state index contributed by atoms with van der Waals surface area (Å²) in [5, 5.41) is 11.9. The SMILES string of the molecule is CCON1CCCc2c1c1ccc(CN3CCN(c4ccc(C#N)cc4)CC3)cc1[nH]c2=O. The predicted octanol–water partition coefficient (Wildman–Crippen LogP) is 3.43. The molecular weight excluding hydrogens is 414 g/mol. The maximum atomic E-state index is 12.8. The van der Waals surface area contributed by atoms with Gasteiger partial charge in [-0.3, -0.25) is 19.6 Å². The van der Waals surface area contributed by atoms with Crippen molar-refractivity contribution in [2.24, 2.45) is 0 Å². The molecule has 5 rings (SSSR count). The highest BCUT2D eigenvalue weighted by Crippen LogP contribution is 2.32. The number of aromatic amines is 1. The molecule has 7 nitrogen and oxygen atoms in total. The van der Waals surface area contributed by atoms with E-state index in [0.717, 1.165) is 74.3 Å². The van der Waals surface area contributed by atoms with Crippen LogP contribution in [0.25, 0.3) is 10.9 Å². The van der Waals surface area contributed by atoms with Gasteiger partial charge in [-0.1, -0.05) is 12.1 Å². The first-order valence-electron chi connectivity index (χ1n) is 11.7. The molecule has 1 N–H and O–H groups in total. The van der Waals surface area contributed by atoms with Crippen LogP contribution in [-0.2, 0) is 17.8 Å². The predicted molar refractivity (Wildman–Crippen MR) is 131 cm³/mol. The zero-order valence-electron chi connectivity index (χ0n) is 19.0. The van der Waals surface area contributed by atoms with Crippen LogP contribution in [0, 0.1) is 11.3 Å². The summed E-state index contributed by atoms with van der Waals surface area (Å²) < 4.78 is 0. The number of fused-ring (bicyclic) bond motifs is 3. The Morgan fingerprint density at radius 3 is 2.58 bits per heavy atom. The van der Waals surface area contributed by atoms with Crippen LogP contribution in [0.15, 0.2) is 47.3 Å². The van der Waals surface area contributed by atoms with Gasteiger partial charge in [0, 0.05) is 55.9 Å². The molecular formula is C26H29N5O2. The Hall–Kier alpha value is -3.34. The summed E-state index contributed by atoms with van der Waals surface area (Å²) in [6.07, 6.45) is 1.71. The monoisotopic (exact) mass is 443 g/mol. The standard InChI is InChI=1S/C26H29N5O2/c1-2-33-31-11-3-4-23-25(31)22-10-7-20(16-24(22)28-26(23)32)18-29-12-14-30(15-13-29)21-8-5-19(17-27)6-9-21/h5-10,16H,2-4,11-15,18H2,1H3,(H,28,32). The first-order valence-corrected chi connectivity index (χ1v) is 11.7. The van der Waals surface area contributed by atoms with Crippen LogP contribution in [0.2, 0.25) is 0 Å². The number of benzene rings is 2. The number of piperazine rings is 1. The molecule has 0 amide bonds. The van der Waals surface area contributed by atoms with Crippen molar-refractivity contribution in [2.45, 2.75) is 26.3 Å². The number of hydroxylamine groups is 1. The number of H-pyrrole nitrogens is 1. The lowest BCUT2D eigenvalue weighted by Gasteiger charge is -2.36. The second-order valence-electron chi connectivity index (χ2n) is 8.71. The van der Waals surface area contributed by atoms with E-state index in [0.29, 0.717) is 12.2 Å². The van der Waals surface area contributed by atoms with E-state index < -0.39 is 0 Å². The molecule has 3 heterocycles. The largest absolute Gasteiger partial charge is 0.369 e. The number of nitrogens with one attached hydrogen (secondary N) is 1. The molecule has 2 aliphatic rings. The number of rotatable bonds is 5. The third-order valence-corrected chi connectivity index (χ3v) is 6.61. The molecule has 0 spiro atoms. The normalized spacial score (nSPS) is 16.6. The topological polar surface area (TPSA) is 75.6 Å². The molecule has 170 valence electrons. The lowest BCUT2D eigenvalue weighted by molar-refractivity contribution is 0.116. The maximum absolute atomic E-state index is 12.8. The molecule has 0 unspecified atom stereocenters. The van der Waals surface area contributed by atoms with Crippen molar-refractivity contribution in [3.63, 3.8) is 0 Å². The Labute approximate surface area is 193 Å². The molecule has 1 aromatic heterocycles. The number of nitriles is 1. The van der Waals surface area contributed by atoms with Gasteiger partial charge in [0.05, 0.1) is 29.4 Å². The summed E-state index contributed by atoms with van der Waals surface area (Å²) in [4.78, 5) is 26.5. The third-order valence-electron chi connectivity index (χ3n) is 6.61. The van der Waals surface area contributed by atoms with E-state index in [4.69, 9.17) is 10.1 Å². The van der Waals surface area contributed by atoms with Gasteiger partial charge in [-0.05, 0) is 55.7 Å². The van der Waals surface area contributed by atoms with E-state index in [1.54, 1.807) is 0 Å². The summed E-state index contributed by atoms with van der Waals surface area (Å²) in [7, 11) is 0. The number of hydrogen-bond donors (Lipinski definition) is 1. The molecule has 0 atom stereocenters. The first kappa shape index (κ1) is 21.5. The minimum Gasteiger partial charge on any atom is -0.369 e. The first-order chi connectivity index (χ1) is 16.2. The number of pyridine rings is 1. The molecule has 7 heteroatoms. The van der Waals surface area contributed by atoms with Gasteiger partial charge in [0.2, 0.25) is 0 Å². The maximum Gasteiger partial charge on any atom is 0.253 e. The highest BCUT2D eigenvalue weighted by molar-refractivity contribution is 5.93. The lowest BCUT2D eigenvalue weighted by atomic mass is 10.00. The molecule has 2 aliphatic heterocycles. The van der Waals surface area contributed by atoms with E-state index in [1.807, 2.05) is 36.3 Å². The lowest BCUT2D eigenvalue weighted by Crippen LogP contribution is -2.45. The van der Waals surface area contributed by atoms with E-state index in [9.17, 15) is 4.79 Å². The molecule has 0 bridgehead atoms. The Morgan fingerprint density at radius 1 is 1.06 bits per heavy atom. The molecule has 2 aromatic carbocycles. The highest BCUT2D eigenvalue weighted by Gasteiger charge is 2.24. The molecule has 1 saturated heterocycles. The van der Waals surface area contributed by atoms with E-state index in [1.165, 1.54) is 11.3 Å². The van der Waals surface area contributed by atoms with Gasteiger partial charge in [0.15, 0.2) is 0 Å². The zero-order valence-corrected chi connectivity index (χ0v) is 19.0. The molecule has 0 radical (unpaired) electrons.